The molecule has 0 aliphatic carbocycles. The van der Waals surface area contributed by atoms with Crippen LogP contribution in [0.5, 0.6) is 0 Å². The van der Waals surface area contributed by atoms with Gasteiger partial charge >= 0.3 is 0 Å². The highest BCUT2D eigenvalue weighted by atomic mass is 32.1. The number of aromatic nitrogens is 3. The molecule has 0 amide bonds. The van der Waals surface area contributed by atoms with Crippen LogP contribution in [0.4, 0.5) is 0 Å². The normalized spacial score (nSPS) is 11.5. The molecule has 0 bridgehead atoms. The molecule has 0 saturated heterocycles. The maximum atomic E-state index is 12.0. The van der Waals surface area contributed by atoms with Crippen LogP contribution >= 0.6 is 12.2 Å². The maximum absolute atomic E-state index is 12.0. The molecule has 0 fully saturated rings. The van der Waals surface area contributed by atoms with E-state index >= 15 is 0 Å². The van der Waals surface area contributed by atoms with Gasteiger partial charge in [-0.05, 0) is 41.9 Å². The lowest BCUT2D eigenvalue weighted by atomic mass is 10.1. The predicted molar refractivity (Wildman–Crippen MR) is 99.8 cm³/mol. The number of aromatic amines is 2. The van der Waals surface area contributed by atoms with E-state index in [1.165, 1.54) is 11.1 Å². The van der Waals surface area contributed by atoms with E-state index in [4.69, 9.17) is 12.2 Å². The summed E-state index contributed by atoms with van der Waals surface area (Å²) in [4.78, 5) is 17.7. The number of nitrogens with one attached hydrogen (secondary N) is 3. The van der Waals surface area contributed by atoms with Gasteiger partial charge in [-0.3, -0.25) is 9.78 Å². The number of hydrogen-bond donors (Lipinski definition) is 3. The van der Waals surface area contributed by atoms with Gasteiger partial charge in [0.05, 0.1) is 12.1 Å². The summed E-state index contributed by atoms with van der Waals surface area (Å²) in [6, 6.07) is 10.2. The average Bonchev–Trinajstić information content (AvgIpc) is 3.02. The maximum Gasteiger partial charge on any atom is 0.276 e. The third-order valence-corrected chi connectivity index (χ3v) is 4.35. The molecule has 3 rings (SSSR count). The lowest BCUT2D eigenvalue weighted by Crippen LogP contribution is -2.20. The summed E-state index contributed by atoms with van der Waals surface area (Å²) >= 11 is 5.37. The Morgan fingerprint density at radius 2 is 1.96 bits per heavy atom. The molecule has 6 heteroatoms. The molecule has 0 saturated carbocycles. The van der Waals surface area contributed by atoms with Gasteiger partial charge in [0, 0.05) is 12.7 Å². The summed E-state index contributed by atoms with van der Waals surface area (Å²) in [7, 11) is 0. The molecule has 0 atom stereocenters. The van der Waals surface area contributed by atoms with Crippen LogP contribution in [0.2, 0.25) is 0 Å². The van der Waals surface area contributed by atoms with Gasteiger partial charge in [0.25, 0.3) is 5.56 Å². The quantitative estimate of drug-likeness (QED) is 0.603. The zero-order chi connectivity index (χ0) is 17.1. The third kappa shape index (κ3) is 3.49. The first-order valence-electron chi connectivity index (χ1n) is 8.14. The minimum absolute atomic E-state index is 0.178. The summed E-state index contributed by atoms with van der Waals surface area (Å²) in [6.07, 6.45) is 1.77. The Morgan fingerprint density at radius 1 is 1.21 bits per heavy atom. The molecule has 0 radical (unpaired) electrons. The fourth-order valence-electron chi connectivity index (χ4n) is 2.81. The number of rotatable bonds is 6. The number of nitrogens with zero attached hydrogens (tertiary/aromatic N) is 1. The summed E-state index contributed by atoms with van der Waals surface area (Å²) in [6.45, 7) is 6.82. The second kappa shape index (κ2) is 7.15. The molecule has 3 aromatic rings. The SMILES string of the molecule is CC(C)CNCc1ccccc1Cn1c(=S)[nH]c(=O)c2[nH]ccc21. The van der Waals surface area contributed by atoms with Gasteiger partial charge in [-0.15, -0.1) is 0 Å². The zero-order valence-electron chi connectivity index (χ0n) is 13.9. The summed E-state index contributed by atoms with van der Waals surface area (Å²) in [5.74, 6) is 0.615. The lowest BCUT2D eigenvalue weighted by Gasteiger charge is -2.14. The van der Waals surface area contributed by atoms with Crippen LogP contribution in [-0.4, -0.2) is 21.1 Å². The molecule has 3 N–H and O–H groups in total. The van der Waals surface area contributed by atoms with E-state index in [2.05, 4.69) is 41.3 Å². The van der Waals surface area contributed by atoms with Crippen molar-refractivity contribution in [1.82, 2.24) is 19.9 Å². The largest absolute Gasteiger partial charge is 0.355 e. The Bertz CT molecular complexity index is 951. The number of fused-ring (bicyclic) bond motifs is 1. The Kier molecular flexibility index (Phi) is 4.97. The van der Waals surface area contributed by atoms with Crippen molar-refractivity contribution in [3.8, 4) is 0 Å². The second-order valence-electron chi connectivity index (χ2n) is 6.38. The van der Waals surface area contributed by atoms with Gasteiger partial charge in [-0.25, -0.2) is 0 Å². The van der Waals surface area contributed by atoms with Gasteiger partial charge in [-0.1, -0.05) is 38.1 Å². The summed E-state index contributed by atoms with van der Waals surface area (Å²) in [5, 5.41) is 3.48. The summed E-state index contributed by atoms with van der Waals surface area (Å²) < 4.78 is 2.40. The first-order valence-corrected chi connectivity index (χ1v) is 8.55. The number of hydrogen-bond acceptors (Lipinski definition) is 3. The minimum atomic E-state index is -0.178. The molecule has 0 unspecified atom stereocenters. The van der Waals surface area contributed by atoms with Crippen LogP contribution in [0.15, 0.2) is 41.3 Å². The van der Waals surface area contributed by atoms with Crippen molar-refractivity contribution in [2.75, 3.05) is 6.54 Å². The van der Waals surface area contributed by atoms with Crippen LogP contribution in [0.1, 0.15) is 25.0 Å². The third-order valence-electron chi connectivity index (χ3n) is 4.02. The van der Waals surface area contributed by atoms with Crippen molar-refractivity contribution in [2.24, 2.45) is 5.92 Å². The van der Waals surface area contributed by atoms with Gasteiger partial charge in [0.1, 0.15) is 5.52 Å². The highest BCUT2D eigenvalue weighted by Crippen LogP contribution is 2.15. The van der Waals surface area contributed by atoms with E-state index in [-0.39, 0.29) is 5.56 Å². The number of benzene rings is 1. The molecule has 0 spiro atoms. The zero-order valence-corrected chi connectivity index (χ0v) is 14.7. The Labute approximate surface area is 145 Å². The van der Waals surface area contributed by atoms with Gasteiger partial charge in [0.2, 0.25) is 0 Å². The first-order chi connectivity index (χ1) is 11.6. The fourth-order valence-corrected chi connectivity index (χ4v) is 3.07. The van der Waals surface area contributed by atoms with E-state index in [0.717, 1.165) is 18.6 Å². The standard InChI is InChI=1S/C18H22N4OS/c1-12(2)9-19-10-13-5-3-4-6-14(13)11-22-15-7-8-20-16(15)17(23)21-18(22)24/h3-8,12,19-20H,9-11H2,1-2H3,(H,21,23,24). The molecule has 0 aliphatic heterocycles. The van der Waals surface area contributed by atoms with Crippen LogP contribution in [0.25, 0.3) is 11.0 Å². The fraction of sp³-hybridized carbons (Fsp3) is 0.333. The average molecular weight is 342 g/mol. The molecule has 5 nitrogen and oxygen atoms in total. The van der Waals surface area contributed by atoms with Crippen molar-refractivity contribution in [3.63, 3.8) is 0 Å². The molecule has 1 aromatic carbocycles. The van der Waals surface area contributed by atoms with Crippen LogP contribution in [0, 0.1) is 10.7 Å². The van der Waals surface area contributed by atoms with E-state index in [1.54, 1.807) is 6.20 Å². The molecular weight excluding hydrogens is 320 g/mol. The Hall–Kier alpha value is -2.18. The molecule has 126 valence electrons. The Balaban J connectivity index is 1.94. The van der Waals surface area contributed by atoms with E-state index < -0.39 is 0 Å². The predicted octanol–water partition coefficient (Wildman–Crippen LogP) is 3.18. The van der Waals surface area contributed by atoms with Crippen molar-refractivity contribution < 1.29 is 0 Å². The Morgan fingerprint density at radius 3 is 2.71 bits per heavy atom. The minimum Gasteiger partial charge on any atom is -0.355 e. The highest BCUT2D eigenvalue weighted by molar-refractivity contribution is 7.71. The van der Waals surface area contributed by atoms with E-state index in [9.17, 15) is 4.79 Å². The number of H-pyrrole nitrogens is 2. The van der Waals surface area contributed by atoms with Crippen molar-refractivity contribution in [1.29, 1.82) is 0 Å². The van der Waals surface area contributed by atoms with Crippen molar-refractivity contribution in [2.45, 2.75) is 26.9 Å². The highest BCUT2D eigenvalue weighted by Gasteiger charge is 2.09. The first kappa shape index (κ1) is 16.7. The van der Waals surface area contributed by atoms with Gasteiger partial charge in [0.15, 0.2) is 4.77 Å². The summed E-state index contributed by atoms with van der Waals surface area (Å²) in [5.41, 5.74) is 3.64. The topological polar surface area (TPSA) is 65.6 Å². The lowest BCUT2D eigenvalue weighted by molar-refractivity contribution is 0.550. The monoisotopic (exact) mass is 342 g/mol. The van der Waals surface area contributed by atoms with E-state index in [1.807, 2.05) is 22.8 Å². The van der Waals surface area contributed by atoms with Crippen LogP contribution in [-0.2, 0) is 13.1 Å². The van der Waals surface area contributed by atoms with E-state index in [0.29, 0.717) is 22.8 Å². The van der Waals surface area contributed by atoms with Crippen LogP contribution in [0.3, 0.4) is 0 Å². The smallest absolute Gasteiger partial charge is 0.276 e. The molecule has 2 aromatic heterocycles. The molecule has 24 heavy (non-hydrogen) atoms. The van der Waals surface area contributed by atoms with Crippen molar-refractivity contribution in [3.05, 3.63) is 62.8 Å². The van der Waals surface area contributed by atoms with Crippen LogP contribution < -0.4 is 10.9 Å². The van der Waals surface area contributed by atoms with Crippen molar-refractivity contribution >= 4 is 23.3 Å². The second-order valence-corrected chi connectivity index (χ2v) is 6.76. The molecule has 2 heterocycles. The molecular formula is C18H22N4OS. The molecule has 0 aliphatic rings. The van der Waals surface area contributed by atoms with Gasteiger partial charge in [-0.2, -0.15) is 0 Å². The van der Waals surface area contributed by atoms with Gasteiger partial charge < -0.3 is 14.9 Å².